The van der Waals surface area contributed by atoms with Crippen LogP contribution in [0, 0.1) is 5.92 Å². The van der Waals surface area contributed by atoms with Crippen molar-refractivity contribution in [2.24, 2.45) is 5.92 Å². The molecule has 1 aliphatic rings. The summed E-state index contributed by atoms with van der Waals surface area (Å²) in [5.41, 5.74) is 1.78. The van der Waals surface area contributed by atoms with Crippen LogP contribution in [0.5, 0.6) is 11.5 Å². The average Bonchev–Trinajstić information content (AvgIpc) is 3.00. The second kappa shape index (κ2) is 16.5. The number of esters is 2. The molecule has 2 aromatic rings. The molecule has 3 rings (SSSR count). The molecule has 0 saturated carbocycles. The zero-order valence-electron chi connectivity index (χ0n) is 24.1. The molecule has 0 N–H and O–H groups in total. The number of nitrogens with zero attached hydrogens (tertiary/aromatic N) is 1. The van der Waals surface area contributed by atoms with Crippen LogP contribution in [0.4, 0.5) is 0 Å². The molecule has 0 unspecified atom stereocenters. The van der Waals surface area contributed by atoms with Crippen LogP contribution in [0.3, 0.4) is 0 Å². The van der Waals surface area contributed by atoms with Crippen LogP contribution in [0.15, 0.2) is 42.5 Å². The highest BCUT2D eigenvalue weighted by Crippen LogP contribution is 2.26. The number of methoxy groups -OCH3 is 2. The summed E-state index contributed by atoms with van der Waals surface area (Å²) in [7, 11) is 2.68. The highest BCUT2D eigenvalue weighted by atomic mass is 16.5. The Kier molecular flexibility index (Phi) is 12.8. The minimum absolute atomic E-state index is 0.206. The van der Waals surface area contributed by atoms with Crippen molar-refractivity contribution >= 4 is 17.8 Å². The summed E-state index contributed by atoms with van der Waals surface area (Å²) in [5.74, 6) is 0.112. The molecule has 2 aromatic carbocycles. The van der Waals surface area contributed by atoms with Crippen LogP contribution in [-0.4, -0.2) is 63.3 Å². The first-order valence-corrected chi connectivity index (χ1v) is 14.4. The van der Waals surface area contributed by atoms with Crippen LogP contribution < -0.4 is 9.47 Å². The average molecular weight is 554 g/mol. The Hall–Kier alpha value is -3.55. The largest absolute Gasteiger partial charge is 0.494 e. The summed E-state index contributed by atoms with van der Waals surface area (Å²) in [6.45, 7) is 4.24. The monoisotopic (exact) mass is 553 g/mol. The molecule has 0 atom stereocenters. The van der Waals surface area contributed by atoms with Gasteiger partial charge in [0, 0.05) is 13.1 Å². The van der Waals surface area contributed by atoms with E-state index in [1.807, 2.05) is 12.1 Å². The third-order valence-electron chi connectivity index (χ3n) is 7.26. The molecular weight excluding hydrogens is 510 g/mol. The van der Waals surface area contributed by atoms with Crippen molar-refractivity contribution in [2.45, 2.75) is 64.7 Å². The number of hydrogen-bond donors (Lipinski definition) is 0. The zero-order valence-corrected chi connectivity index (χ0v) is 24.1. The van der Waals surface area contributed by atoms with Gasteiger partial charge < -0.3 is 23.8 Å². The van der Waals surface area contributed by atoms with E-state index in [0.29, 0.717) is 43.9 Å². The van der Waals surface area contributed by atoms with Crippen molar-refractivity contribution in [1.82, 2.24) is 4.90 Å². The first-order valence-electron chi connectivity index (χ1n) is 14.4. The van der Waals surface area contributed by atoms with Crippen molar-refractivity contribution in [1.29, 1.82) is 0 Å². The molecular formula is C32H43NO7. The maximum atomic E-state index is 13.4. The molecule has 0 aliphatic carbocycles. The number of benzene rings is 2. The lowest BCUT2D eigenvalue weighted by molar-refractivity contribution is -0.146. The van der Waals surface area contributed by atoms with Gasteiger partial charge >= 0.3 is 11.9 Å². The van der Waals surface area contributed by atoms with E-state index in [9.17, 15) is 14.4 Å². The minimum atomic E-state index is -0.520. The fourth-order valence-corrected chi connectivity index (χ4v) is 4.83. The van der Waals surface area contributed by atoms with E-state index in [-0.39, 0.29) is 23.4 Å². The topological polar surface area (TPSA) is 91.4 Å². The molecule has 40 heavy (non-hydrogen) atoms. The first-order chi connectivity index (χ1) is 19.5. The molecule has 8 nitrogen and oxygen atoms in total. The Bertz CT molecular complexity index is 1090. The quantitative estimate of drug-likeness (QED) is 0.202. The van der Waals surface area contributed by atoms with Crippen LogP contribution in [-0.2, 0) is 20.7 Å². The maximum Gasteiger partial charge on any atom is 0.337 e. The number of carbonyl (C=O) groups is 3. The molecule has 0 aromatic heterocycles. The summed E-state index contributed by atoms with van der Waals surface area (Å²) >= 11 is 0. The number of hydrogen-bond acceptors (Lipinski definition) is 7. The Labute approximate surface area is 237 Å². The fraction of sp³-hybridized carbons (Fsp3) is 0.531. The number of likely N-dealkylation sites (tertiary alicyclic amines) is 1. The molecule has 1 saturated heterocycles. The third kappa shape index (κ3) is 9.28. The van der Waals surface area contributed by atoms with Crippen molar-refractivity contribution in [3.05, 3.63) is 59.2 Å². The van der Waals surface area contributed by atoms with E-state index in [2.05, 4.69) is 19.1 Å². The van der Waals surface area contributed by atoms with Crippen LogP contribution >= 0.6 is 0 Å². The number of rotatable bonds is 15. The maximum absolute atomic E-state index is 13.4. The van der Waals surface area contributed by atoms with Gasteiger partial charge in [0.05, 0.1) is 44.5 Å². The first kappa shape index (κ1) is 31.0. The van der Waals surface area contributed by atoms with E-state index < -0.39 is 5.97 Å². The Morgan fingerprint density at radius 2 is 1.52 bits per heavy atom. The summed E-state index contributed by atoms with van der Waals surface area (Å²) in [6, 6.07) is 12.9. The molecule has 8 heteroatoms. The number of unbranched alkanes of at least 4 members (excludes halogenated alkanes) is 4. The second-order valence-corrected chi connectivity index (χ2v) is 10.2. The summed E-state index contributed by atoms with van der Waals surface area (Å²) in [4.78, 5) is 39.1. The molecule has 1 heterocycles. The number of amides is 1. The van der Waals surface area contributed by atoms with E-state index in [4.69, 9.17) is 18.9 Å². The third-order valence-corrected chi connectivity index (χ3v) is 7.26. The number of ether oxygens (including phenoxy) is 4. The molecule has 0 radical (unpaired) electrons. The van der Waals surface area contributed by atoms with Gasteiger partial charge in [-0.05, 0) is 68.0 Å². The summed E-state index contributed by atoms with van der Waals surface area (Å²) < 4.78 is 21.6. The lowest BCUT2D eigenvalue weighted by atomic mass is 9.96. The van der Waals surface area contributed by atoms with Gasteiger partial charge in [0.15, 0.2) is 0 Å². The zero-order chi connectivity index (χ0) is 28.7. The number of aryl methyl sites for hydroxylation is 1. The highest BCUT2D eigenvalue weighted by Gasteiger charge is 2.30. The van der Waals surface area contributed by atoms with Gasteiger partial charge in [0.1, 0.15) is 11.5 Å². The SMILES string of the molecule is CCCCCCCOc1ccc(CCCOc2ccc(C(=O)OC)cc2C(=O)N2CCC(C(=O)OC)CC2)cc1. The van der Waals surface area contributed by atoms with Gasteiger partial charge in [-0.2, -0.15) is 0 Å². The van der Waals surface area contributed by atoms with Crippen LogP contribution in [0.2, 0.25) is 0 Å². The molecule has 218 valence electrons. The lowest BCUT2D eigenvalue weighted by Crippen LogP contribution is -2.40. The molecule has 1 fully saturated rings. The van der Waals surface area contributed by atoms with Gasteiger partial charge in [-0.3, -0.25) is 9.59 Å². The lowest BCUT2D eigenvalue weighted by Gasteiger charge is -2.31. The van der Waals surface area contributed by atoms with E-state index in [1.54, 1.807) is 17.0 Å². The van der Waals surface area contributed by atoms with Gasteiger partial charge in [-0.1, -0.05) is 44.7 Å². The highest BCUT2D eigenvalue weighted by molar-refractivity contribution is 6.00. The summed E-state index contributed by atoms with van der Waals surface area (Å²) in [5, 5.41) is 0. The van der Waals surface area contributed by atoms with Crippen LogP contribution in [0.25, 0.3) is 0 Å². The Morgan fingerprint density at radius 3 is 2.20 bits per heavy atom. The minimum Gasteiger partial charge on any atom is -0.494 e. The fourth-order valence-electron chi connectivity index (χ4n) is 4.83. The van der Waals surface area contributed by atoms with E-state index in [1.165, 1.54) is 51.5 Å². The van der Waals surface area contributed by atoms with Gasteiger partial charge in [0.2, 0.25) is 0 Å². The Balaban J connectivity index is 1.53. The number of carbonyl (C=O) groups excluding carboxylic acids is 3. The normalized spacial score (nSPS) is 13.5. The van der Waals surface area contributed by atoms with E-state index in [0.717, 1.165) is 31.6 Å². The number of piperidine rings is 1. The van der Waals surface area contributed by atoms with Crippen molar-refractivity contribution in [2.75, 3.05) is 40.5 Å². The predicted molar refractivity (Wildman–Crippen MR) is 153 cm³/mol. The van der Waals surface area contributed by atoms with Crippen molar-refractivity contribution in [3.63, 3.8) is 0 Å². The molecule has 0 spiro atoms. The molecule has 1 aliphatic heterocycles. The standard InChI is InChI=1S/C32H43NO7/c1-4-5-6-7-8-21-39-27-14-11-24(12-15-27)10-9-22-40-29-16-13-26(32(36)38-3)23-28(29)30(34)33-19-17-25(18-20-33)31(35)37-2/h11-16,23,25H,4-10,17-22H2,1-3H3. The van der Waals surface area contributed by atoms with Crippen molar-refractivity contribution < 1.29 is 33.3 Å². The van der Waals surface area contributed by atoms with Crippen LogP contribution in [0.1, 0.15) is 84.6 Å². The smallest absolute Gasteiger partial charge is 0.337 e. The molecule has 0 bridgehead atoms. The Morgan fingerprint density at radius 1 is 0.825 bits per heavy atom. The summed E-state index contributed by atoms with van der Waals surface area (Å²) in [6.07, 6.45) is 8.73. The second-order valence-electron chi connectivity index (χ2n) is 10.2. The van der Waals surface area contributed by atoms with Gasteiger partial charge in [-0.25, -0.2) is 4.79 Å². The van der Waals surface area contributed by atoms with Gasteiger partial charge in [0.25, 0.3) is 5.91 Å². The van der Waals surface area contributed by atoms with E-state index >= 15 is 0 Å². The predicted octanol–water partition coefficient (Wildman–Crippen LogP) is 5.86. The molecule has 1 amide bonds. The van der Waals surface area contributed by atoms with Crippen molar-refractivity contribution in [3.8, 4) is 11.5 Å². The van der Waals surface area contributed by atoms with Gasteiger partial charge in [-0.15, -0.1) is 0 Å².